The Kier molecular flexibility index (Phi) is 9.02. The van der Waals surface area contributed by atoms with Crippen LogP contribution in [-0.2, 0) is 13.0 Å². The van der Waals surface area contributed by atoms with Crippen molar-refractivity contribution in [2.45, 2.75) is 13.0 Å². The quantitative estimate of drug-likeness (QED) is 0.0974. The van der Waals surface area contributed by atoms with Crippen molar-refractivity contribution in [2.75, 3.05) is 11.4 Å². The minimum Gasteiger partial charge on any atom is -0.478 e. The van der Waals surface area contributed by atoms with Gasteiger partial charge in [-0.1, -0.05) is 97.1 Å². The fourth-order valence-electron chi connectivity index (χ4n) is 4.96. The number of nitrogens with zero attached hydrogens (tertiary/aromatic N) is 2. The van der Waals surface area contributed by atoms with Gasteiger partial charge in [-0.2, -0.15) is 0 Å². The molecule has 5 rings (SSSR count). The Morgan fingerprint density at radius 1 is 0.791 bits per heavy atom. The molecule has 214 valence electrons. The molecule has 0 bridgehead atoms. The Morgan fingerprint density at radius 2 is 1.44 bits per heavy atom. The zero-order valence-electron chi connectivity index (χ0n) is 23.3. The number of carbonyl (C=O) groups is 1. The smallest absolute Gasteiger partial charge is 0.336 e. The molecule has 1 N–H and O–H groups in total. The number of halogens is 1. The van der Waals surface area contributed by atoms with E-state index in [-0.39, 0.29) is 22.0 Å². The number of nitro benzene ring substituents is 1. The van der Waals surface area contributed by atoms with Crippen LogP contribution >= 0.6 is 0 Å². The summed E-state index contributed by atoms with van der Waals surface area (Å²) >= 11 is 0. The summed E-state index contributed by atoms with van der Waals surface area (Å²) in [4.78, 5) is 25.9. The van der Waals surface area contributed by atoms with E-state index in [1.807, 2.05) is 65.6 Å². The van der Waals surface area contributed by atoms with Crippen LogP contribution in [0.4, 0.5) is 15.8 Å². The van der Waals surface area contributed by atoms with Crippen molar-refractivity contribution in [1.29, 1.82) is 0 Å². The number of benzene rings is 5. The van der Waals surface area contributed by atoms with E-state index in [0.717, 1.165) is 28.7 Å². The molecule has 0 spiro atoms. The summed E-state index contributed by atoms with van der Waals surface area (Å²) in [6, 6.07) is 35.7. The highest BCUT2D eigenvalue weighted by Crippen LogP contribution is 2.32. The predicted octanol–water partition coefficient (Wildman–Crippen LogP) is 8.52. The second-order valence-electron chi connectivity index (χ2n) is 10.1. The van der Waals surface area contributed by atoms with Gasteiger partial charge in [0.25, 0.3) is 5.69 Å². The first-order valence-corrected chi connectivity index (χ1v) is 13.8. The third kappa shape index (κ3) is 7.40. The summed E-state index contributed by atoms with van der Waals surface area (Å²) in [5, 5.41) is 22.0. The lowest BCUT2D eigenvalue weighted by Crippen LogP contribution is -2.26. The maximum atomic E-state index is 13.4. The van der Waals surface area contributed by atoms with Gasteiger partial charge in [0.2, 0.25) is 0 Å². The summed E-state index contributed by atoms with van der Waals surface area (Å²) in [6.45, 7) is 1.08. The van der Waals surface area contributed by atoms with Gasteiger partial charge in [0.1, 0.15) is 11.5 Å². The molecule has 0 radical (unpaired) electrons. The van der Waals surface area contributed by atoms with E-state index < -0.39 is 5.97 Å². The van der Waals surface area contributed by atoms with Gasteiger partial charge < -0.3 is 10.0 Å². The lowest BCUT2D eigenvalue weighted by Gasteiger charge is -2.25. The molecule has 0 fully saturated rings. The zero-order valence-corrected chi connectivity index (χ0v) is 23.3. The third-order valence-electron chi connectivity index (χ3n) is 7.18. The lowest BCUT2D eigenvalue weighted by molar-refractivity contribution is -0.384. The van der Waals surface area contributed by atoms with Crippen LogP contribution in [0.5, 0.6) is 0 Å². The molecule has 0 heterocycles. The van der Waals surface area contributed by atoms with Gasteiger partial charge in [0.15, 0.2) is 0 Å². The third-order valence-corrected chi connectivity index (χ3v) is 7.18. The molecule has 0 aliphatic rings. The number of carboxylic acids is 1. The number of aromatic carboxylic acids is 1. The van der Waals surface area contributed by atoms with Crippen molar-refractivity contribution in [3.8, 4) is 11.1 Å². The number of hydrogen-bond donors (Lipinski definition) is 1. The van der Waals surface area contributed by atoms with Gasteiger partial charge in [0, 0.05) is 19.2 Å². The van der Waals surface area contributed by atoms with E-state index in [1.54, 1.807) is 48.6 Å². The summed E-state index contributed by atoms with van der Waals surface area (Å²) in [6.07, 6.45) is 4.01. The molecule has 0 atom stereocenters. The maximum absolute atomic E-state index is 13.4. The van der Waals surface area contributed by atoms with Gasteiger partial charge in [-0.25, -0.2) is 9.18 Å². The molecule has 0 saturated heterocycles. The summed E-state index contributed by atoms with van der Waals surface area (Å²) in [5.74, 6) is -1.46. The van der Waals surface area contributed by atoms with Crippen LogP contribution in [0, 0.1) is 15.9 Å². The van der Waals surface area contributed by atoms with E-state index in [1.165, 1.54) is 24.3 Å². The maximum Gasteiger partial charge on any atom is 0.336 e. The van der Waals surface area contributed by atoms with Crippen molar-refractivity contribution >= 4 is 29.5 Å². The minimum atomic E-state index is -1.10. The highest BCUT2D eigenvalue weighted by molar-refractivity contribution is 5.94. The first-order valence-electron chi connectivity index (χ1n) is 13.8. The average Bonchev–Trinajstić information content (AvgIpc) is 3.03. The van der Waals surface area contributed by atoms with Crippen LogP contribution in [0.25, 0.3) is 23.3 Å². The highest BCUT2D eigenvalue weighted by Gasteiger charge is 2.20. The standard InChI is InChI=1S/C36H29FN2O4/c37-32-17-14-29(15-18-32)30-16-19-33(36(40)41)31(24-30)13-11-27-12-20-34(35(23-27)39(42)43)38(25-28-9-5-2-6-10-28)22-21-26-7-3-1-4-8-26/h1-20,23-24H,21-22,25H2,(H,40,41). The molecule has 0 unspecified atom stereocenters. The van der Waals surface area contributed by atoms with Gasteiger partial charge in [-0.15, -0.1) is 0 Å². The van der Waals surface area contributed by atoms with Crippen LogP contribution in [0.1, 0.15) is 32.6 Å². The molecular formula is C36H29FN2O4. The Bertz CT molecular complexity index is 1750. The molecule has 6 nitrogen and oxygen atoms in total. The average molecular weight is 573 g/mol. The van der Waals surface area contributed by atoms with Crippen molar-refractivity contribution in [2.24, 2.45) is 0 Å². The predicted molar refractivity (Wildman–Crippen MR) is 168 cm³/mol. The number of hydrogen-bond acceptors (Lipinski definition) is 4. The summed E-state index contributed by atoms with van der Waals surface area (Å²) in [7, 11) is 0. The molecule has 5 aromatic carbocycles. The summed E-state index contributed by atoms with van der Waals surface area (Å²) in [5.41, 5.74) is 5.18. The van der Waals surface area contributed by atoms with Crippen molar-refractivity contribution in [3.05, 3.63) is 165 Å². The van der Waals surface area contributed by atoms with Gasteiger partial charge in [0.05, 0.1) is 10.5 Å². The topological polar surface area (TPSA) is 83.7 Å². The van der Waals surface area contributed by atoms with Crippen LogP contribution in [0.2, 0.25) is 0 Å². The van der Waals surface area contributed by atoms with Crippen molar-refractivity contribution in [1.82, 2.24) is 0 Å². The van der Waals surface area contributed by atoms with E-state index in [2.05, 4.69) is 0 Å². The Balaban J connectivity index is 1.47. The SMILES string of the molecule is O=C(O)c1ccc(-c2ccc(F)cc2)cc1C=Cc1ccc(N(CCc2ccccc2)Cc2ccccc2)c([N+](=O)[O-])c1. The van der Waals surface area contributed by atoms with Crippen LogP contribution < -0.4 is 4.90 Å². The molecule has 0 aliphatic heterocycles. The van der Waals surface area contributed by atoms with Crippen LogP contribution in [-0.4, -0.2) is 22.5 Å². The lowest BCUT2D eigenvalue weighted by atomic mass is 9.98. The summed E-state index contributed by atoms with van der Waals surface area (Å²) < 4.78 is 13.4. The largest absolute Gasteiger partial charge is 0.478 e. The molecule has 0 aromatic heterocycles. The Labute approximate surface area is 249 Å². The fraction of sp³-hybridized carbons (Fsp3) is 0.0833. The molecule has 5 aromatic rings. The molecule has 43 heavy (non-hydrogen) atoms. The van der Waals surface area contributed by atoms with Crippen LogP contribution in [0.15, 0.2) is 121 Å². The molecule has 0 aliphatic carbocycles. The van der Waals surface area contributed by atoms with E-state index in [4.69, 9.17) is 0 Å². The normalized spacial score (nSPS) is 11.0. The Morgan fingerprint density at radius 3 is 2.09 bits per heavy atom. The van der Waals surface area contributed by atoms with Crippen molar-refractivity contribution < 1.29 is 19.2 Å². The molecular weight excluding hydrogens is 543 g/mol. The first kappa shape index (κ1) is 29.0. The molecule has 0 saturated carbocycles. The Hall–Kier alpha value is -5.56. The molecule has 7 heteroatoms. The van der Waals surface area contributed by atoms with E-state index in [0.29, 0.717) is 29.9 Å². The molecule has 0 amide bonds. The highest BCUT2D eigenvalue weighted by atomic mass is 19.1. The number of carboxylic acid groups (broad SMARTS) is 1. The number of rotatable bonds is 11. The second-order valence-corrected chi connectivity index (χ2v) is 10.1. The monoisotopic (exact) mass is 572 g/mol. The van der Waals surface area contributed by atoms with E-state index in [9.17, 15) is 24.4 Å². The number of nitro groups is 1. The fourth-order valence-corrected chi connectivity index (χ4v) is 4.96. The first-order chi connectivity index (χ1) is 20.9. The number of anilines is 1. The van der Waals surface area contributed by atoms with Crippen LogP contribution in [0.3, 0.4) is 0 Å². The van der Waals surface area contributed by atoms with Gasteiger partial charge in [-0.3, -0.25) is 10.1 Å². The zero-order chi connectivity index (χ0) is 30.2. The van der Waals surface area contributed by atoms with Gasteiger partial charge >= 0.3 is 5.97 Å². The second kappa shape index (κ2) is 13.4. The van der Waals surface area contributed by atoms with Gasteiger partial charge in [-0.05, 0) is 70.1 Å². The van der Waals surface area contributed by atoms with Crippen molar-refractivity contribution in [3.63, 3.8) is 0 Å². The van der Waals surface area contributed by atoms with E-state index >= 15 is 0 Å². The minimum absolute atomic E-state index is 0.0373.